The summed E-state index contributed by atoms with van der Waals surface area (Å²) in [5, 5.41) is 3.15. The number of hydrogen-bond acceptors (Lipinski definition) is 2. The second-order valence-corrected chi connectivity index (χ2v) is 8.28. The summed E-state index contributed by atoms with van der Waals surface area (Å²) in [6.07, 6.45) is 4.71. The van der Waals surface area contributed by atoms with Gasteiger partial charge in [0.2, 0.25) is 11.8 Å². The molecule has 0 aliphatic heterocycles. The second-order valence-electron chi connectivity index (χ2n) is 8.28. The summed E-state index contributed by atoms with van der Waals surface area (Å²) in [5.74, 6) is -0.0731. The first-order valence-electron chi connectivity index (χ1n) is 10.6. The van der Waals surface area contributed by atoms with Crippen molar-refractivity contribution in [3.05, 3.63) is 70.8 Å². The monoisotopic (exact) mass is 392 g/mol. The molecule has 0 heterocycles. The minimum atomic E-state index is -0.506. The number of carbonyl (C=O) groups excluding carboxylic acids is 2. The Morgan fingerprint density at radius 2 is 1.69 bits per heavy atom. The van der Waals surface area contributed by atoms with E-state index in [0.29, 0.717) is 13.0 Å². The molecule has 154 valence electrons. The summed E-state index contributed by atoms with van der Waals surface area (Å²) < 4.78 is 0. The highest BCUT2D eigenvalue weighted by Gasteiger charge is 2.28. The van der Waals surface area contributed by atoms with E-state index in [4.69, 9.17) is 0 Å². The molecule has 0 aromatic heterocycles. The Morgan fingerprint density at radius 1 is 1.03 bits per heavy atom. The summed E-state index contributed by atoms with van der Waals surface area (Å²) in [6.45, 7) is 6.34. The molecule has 1 saturated carbocycles. The minimum absolute atomic E-state index is 0.0195. The molecule has 0 bridgehead atoms. The van der Waals surface area contributed by atoms with Crippen molar-refractivity contribution >= 4 is 11.8 Å². The van der Waals surface area contributed by atoms with E-state index in [0.717, 1.165) is 29.5 Å². The van der Waals surface area contributed by atoms with Crippen LogP contribution in [0.4, 0.5) is 0 Å². The number of aryl methyl sites for hydroxylation is 2. The zero-order chi connectivity index (χ0) is 20.8. The van der Waals surface area contributed by atoms with E-state index in [1.54, 1.807) is 4.90 Å². The van der Waals surface area contributed by atoms with E-state index >= 15 is 0 Å². The van der Waals surface area contributed by atoms with Crippen molar-refractivity contribution in [2.75, 3.05) is 0 Å². The van der Waals surface area contributed by atoms with Crippen LogP contribution < -0.4 is 5.32 Å². The van der Waals surface area contributed by atoms with Crippen LogP contribution in [-0.2, 0) is 22.6 Å². The van der Waals surface area contributed by atoms with Crippen LogP contribution >= 0.6 is 0 Å². The molecule has 2 amide bonds. The topological polar surface area (TPSA) is 49.4 Å². The quantitative estimate of drug-likeness (QED) is 0.763. The van der Waals surface area contributed by atoms with Crippen LogP contribution in [0.5, 0.6) is 0 Å². The van der Waals surface area contributed by atoms with Gasteiger partial charge in [0.25, 0.3) is 0 Å². The van der Waals surface area contributed by atoms with E-state index < -0.39 is 6.04 Å². The smallest absolute Gasteiger partial charge is 0.242 e. The van der Waals surface area contributed by atoms with Crippen LogP contribution in [0, 0.1) is 13.8 Å². The maximum Gasteiger partial charge on any atom is 0.242 e. The molecule has 1 atom stereocenters. The molecule has 0 saturated heterocycles. The number of nitrogens with zero attached hydrogens (tertiary/aromatic N) is 1. The lowest BCUT2D eigenvalue weighted by Gasteiger charge is -2.30. The fourth-order valence-electron chi connectivity index (χ4n) is 3.94. The Balaban J connectivity index is 1.77. The third-order valence-electron chi connectivity index (χ3n) is 5.95. The third-order valence-corrected chi connectivity index (χ3v) is 5.95. The average molecular weight is 393 g/mol. The minimum Gasteiger partial charge on any atom is -0.352 e. The lowest BCUT2D eigenvalue weighted by Crippen LogP contribution is -2.50. The van der Waals surface area contributed by atoms with Gasteiger partial charge in [0.1, 0.15) is 6.04 Å². The Morgan fingerprint density at radius 3 is 2.34 bits per heavy atom. The van der Waals surface area contributed by atoms with Gasteiger partial charge in [0.05, 0.1) is 6.42 Å². The van der Waals surface area contributed by atoms with Crippen molar-refractivity contribution < 1.29 is 9.59 Å². The van der Waals surface area contributed by atoms with Crippen LogP contribution in [0.25, 0.3) is 0 Å². The Kier molecular flexibility index (Phi) is 7.08. The molecule has 2 aromatic carbocycles. The Hall–Kier alpha value is -2.62. The van der Waals surface area contributed by atoms with E-state index in [-0.39, 0.29) is 17.9 Å². The van der Waals surface area contributed by atoms with Gasteiger partial charge in [0.15, 0.2) is 0 Å². The van der Waals surface area contributed by atoms with Gasteiger partial charge >= 0.3 is 0 Å². The summed E-state index contributed by atoms with van der Waals surface area (Å²) in [7, 11) is 0. The molecule has 1 aliphatic rings. The van der Waals surface area contributed by atoms with Crippen LogP contribution in [-0.4, -0.2) is 28.8 Å². The molecular weight excluding hydrogens is 360 g/mol. The van der Waals surface area contributed by atoms with Gasteiger partial charge in [0, 0.05) is 12.6 Å². The summed E-state index contributed by atoms with van der Waals surface area (Å²) in [5.41, 5.74) is 4.32. The molecule has 4 nitrogen and oxygen atoms in total. The van der Waals surface area contributed by atoms with Crippen molar-refractivity contribution in [1.82, 2.24) is 10.2 Å². The zero-order valence-electron chi connectivity index (χ0n) is 17.8. The first kappa shape index (κ1) is 21.1. The SMILES string of the molecule is Cc1ccc(CN(C(=O)Cc2ccccc2C)C(C)C(=O)NC2CCCC2)cc1. The van der Waals surface area contributed by atoms with Gasteiger partial charge in [-0.1, -0.05) is 66.9 Å². The number of hydrogen-bond donors (Lipinski definition) is 1. The van der Waals surface area contributed by atoms with E-state index in [2.05, 4.69) is 5.32 Å². The fraction of sp³-hybridized carbons (Fsp3) is 0.440. The highest BCUT2D eigenvalue weighted by Crippen LogP contribution is 2.19. The molecule has 2 aromatic rings. The first-order valence-corrected chi connectivity index (χ1v) is 10.6. The van der Waals surface area contributed by atoms with E-state index in [1.807, 2.05) is 69.3 Å². The van der Waals surface area contributed by atoms with Crippen LogP contribution in [0.15, 0.2) is 48.5 Å². The average Bonchev–Trinajstić information content (AvgIpc) is 3.21. The molecule has 3 rings (SSSR count). The van der Waals surface area contributed by atoms with Crippen molar-refractivity contribution in [3.63, 3.8) is 0 Å². The maximum atomic E-state index is 13.3. The van der Waals surface area contributed by atoms with Crippen LogP contribution in [0.1, 0.15) is 54.9 Å². The standard InChI is InChI=1S/C25H32N2O2/c1-18-12-14-21(15-13-18)17-27(20(3)25(29)26-23-10-6-7-11-23)24(28)16-22-9-5-4-8-19(22)2/h4-5,8-9,12-15,20,23H,6-7,10-11,16-17H2,1-3H3,(H,26,29). The van der Waals surface area contributed by atoms with Crippen molar-refractivity contribution in [2.45, 2.75) is 71.5 Å². The summed E-state index contributed by atoms with van der Waals surface area (Å²) in [6, 6.07) is 15.8. The van der Waals surface area contributed by atoms with E-state index in [9.17, 15) is 9.59 Å². The van der Waals surface area contributed by atoms with Gasteiger partial charge in [-0.3, -0.25) is 9.59 Å². The second kappa shape index (κ2) is 9.73. The van der Waals surface area contributed by atoms with E-state index in [1.165, 1.54) is 18.4 Å². The molecule has 29 heavy (non-hydrogen) atoms. The fourth-order valence-corrected chi connectivity index (χ4v) is 3.94. The maximum absolute atomic E-state index is 13.3. The molecular formula is C25H32N2O2. The molecule has 0 radical (unpaired) electrons. The predicted molar refractivity (Wildman–Crippen MR) is 116 cm³/mol. The molecule has 0 spiro atoms. The molecule has 4 heteroatoms. The molecule has 1 aliphatic carbocycles. The van der Waals surface area contributed by atoms with Gasteiger partial charge in [-0.25, -0.2) is 0 Å². The number of nitrogens with one attached hydrogen (secondary N) is 1. The van der Waals surface area contributed by atoms with Gasteiger partial charge in [-0.2, -0.15) is 0 Å². The largest absolute Gasteiger partial charge is 0.352 e. The molecule has 1 fully saturated rings. The lowest BCUT2D eigenvalue weighted by molar-refractivity contribution is -0.140. The summed E-state index contributed by atoms with van der Waals surface area (Å²) in [4.78, 5) is 27.9. The molecule has 1 N–H and O–H groups in total. The normalized spacial score (nSPS) is 15.1. The third kappa shape index (κ3) is 5.69. The summed E-state index contributed by atoms with van der Waals surface area (Å²) >= 11 is 0. The predicted octanol–water partition coefficient (Wildman–Crippen LogP) is 4.32. The van der Waals surface area contributed by atoms with Crippen molar-refractivity contribution in [3.8, 4) is 0 Å². The number of amides is 2. The van der Waals surface area contributed by atoms with Gasteiger partial charge in [-0.15, -0.1) is 0 Å². The first-order chi connectivity index (χ1) is 13.9. The van der Waals surface area contributed by atoms with Crippen molar-refractivity contribution in [1.29, 1.82) is 0 Å². The van der Waals surface area contributed by atoms with Crippen LogP contribution in [0.2, 0.25) is 0 Å². The Labute approximate surface area is 174 Å². The van der Waals surface area contributed by atoms with Gasteiger partial charge in [-0.05, 0) is 50.3 Å². The highest BCUT2D eigenvalue weighted by atomic mass is 16.2. The molecule has 1 unspecified atom stereocenters. The highest BCUT2D eigenvalue weighted by molar-refractivity contribution is 5.88. The number of benzene rings is 2. The van der Waals surface area contributed by atoms with Gasteiger partial charge < -0.3 is 10.2 Å². The lowest BCUT2D eigenvalue weighted by atomic mass is 10.0. The van der Waals surface area contributed by atoms with Crippen molar-refractivity contribution in [2.24, 2.45) is 0 Å². The van der Waals surface area contributed by atoms with Crippen LogP contribution in [0.3, 0.4) is 0 Å². The zero-order valence-corrected chi connectivity index (χ0v) is 17.8. The number of carbonyl (C=O) groups is 2. The Bertz CT molecular complexity index is 838. The number of rotatable bonds is 7.